The second-order valence-electron chi connectivity index (χ2n) is 7.37. The summed E-state index contributed by atoms with van der Waals surface area (Å²) in [6, 6.07) is 10.1. The highest BCUT2D eigenvalue weighted by atomic mass is 35.5. The van der Waals surface area contributed by atoms with E-state index in [9.17, 15) is 4.79 Å². The predicted octanol–water partition coefficient (Wildman–Crippen LogP) is 6.60. The molecule has 5 nitrogen and oxygen atoms in total. The van der Waals surface area contributed by atoms with Crippen molar-refractivity contribution in [2.45, 2.75) is 60.3 Å². The van der Waals surface area contributed by atoms with Gasteiger partial charge in [0.05, 0.1) is 0 Å². The minimum absolute atomic E-state index is 0.138. The van der Waals surface area contributed by atoms with E-state index in [-0.39, 0.29) is 5.91 Å². The van der Waals surface area contributed by atoms with Crippen LogP contribution in [0.5, 0.6) is 0 Å². The maximum absolute atomic E-state index is 11.7. The van der Waals surface area contributed by atoms with E-state index in [1.165, 1.54) is 0 Å². The van der Waals surface area contributed by atoms with Crippen LogP contribution in [0.4, 0.5) is 0 Å². The average Bonchev–Trinajstić information content (AvgIpc) is 3.19. The van der Waals surface area contributed by atoms with E-state index in [1.807, 2.05) is 51.1 Å². The number of alkyl halides is 1. The van der Waals surface area contributed by atoms with Gasteiger partial charge in [0.1, 0.15) is 11.6 Å². The Labute approximate surface area is 212 Å². The van der Waals surface area contributed by atoms with Gasteiger partial charge in [0.25, 0.3) is 0 Å². The fourth-order valence-corrected chi connectivity index (χ4v) is 2.72. The summed E-state index contributed by atoms with van der Waals surface area (Å²) in [5.74, 6) is 3.11. The zero-order valence-electron chi connectivity index (χ0n) is 21.2. The molecule has 1 aromatic carbocycles. The molecule has 0 saturated heterocycles. The molecule has 0 atom stereocenters. The minimum Gasteiger partial charge on any atom is -0.356 e. The van der Waals surface area contributed by atoms with Crippen molar-refractivity contribution in [1.82, 2.24) is 20.1 Å². The molecule has 0 unspecified atom stereocenters. The van der Waals surface area contributed by atoms with Crippen molar-refractivity contribution in [2.24, 2.45) is 5.92 Å². The number of allylic oxidation sites excluding steroid dienone is 3. The van der Waals surface area contributed by atoms with Crippen LogP contribution in [-0.4, -0.2) is 39.4 Å². The highest BCUT2D eigenvalue weighted by Gasteiger charge is 2.10. The Bertz CT molecular complexity index is 761. The second kappa shape index (κ2) is 23.1. The van der Waals surface area contributed by atoms with Gasteiger partial charge in [0, 0.05) is 31.0 Å². The lowest BCUT2D eigenvalue weighted by molar-refractivity contribution is -0.121. The number of carbonyl (C=O) groups excluding carboxylic acids is 1. The smallest absolute Gasteiger partial charge is 0.220 e. The van der Waals surface area contributed by atoms with Crippen molar-refractivity contribution in [1.29, 1.82) is 0 Å². The Morgan fingerprint density at radius 3 is 2.27 bits per heavy atom. The van der Waals surface area contributed by atoms with Crippen molar-refractivity contribution < 1.29 is 4.79 Å². The lowest BCUT2D eigenvalue weighted by Crippen LogP contribution is -2.26. The fraction of sp³-hybridized carbons (Fsp3) is 0.500. The fourth-order valence-electron chi connectivity index (χ4n) is 2.55. The first-order chi connectivity index (χ1) is 15.9. The third-order valence-electron chi connectivity index (χ3n) is 3.99. The zero-order valence-corrected chi connectivity index (χ0v) is 22.9. The molecule has 0 aliphatic rings. The van der Waals surface area contributed by atoms with Crippen LogP contribution in [0.3, 0.4) is 0 Å². The molecule has 0 fully saturated rings. The van der Waals surface area contributed by atoms with Crippen molar-refractivity contribution in [3.05, 3.63) is 66.8 Å². The lowest BCUT2D eigenvalue weighted by Gasteiger charge is -2.09. The Hall–Kier alpha value is -2.05. The summed E-state index contributed by atoms with van der Waals surface area (Å²) in [5.41, 5.74) is 1.08. The predicted molar refractivity (Wildman–Crippen MR) is 148 cm³/mol. The number of benzene rings is 1. The maximum atomic E-state index is 11.7. The lowest BCUT2D eigenvalue weighted by atomic mass is 10.1. The summed E-state index contributed by atoms with van der Waals surface area (Å²) in [5, 5.41) is 11.4. The van der Waals surface area contributed by atoms with Gasteiger partial charge in [-0.25, -0.2) is 0 Å². The number of hydrogen-bond acceptors (Lipinski definition) is 4. The van der Waals surface area contributed by atoms with Crippen molar-refractivity contribution in [3.63, 3.8) is 0 Å². The minimum atomic E-state index is 0.138. The number of hydrogen-bond donors (Lipinski definition) is 2. The first kappa shape index (κ1) is 33.1. The molecule has 0 aliphatic carbocycles. The number of aryl methyl sites for hydroxylation is 2. The average molecular weight is 495 g/mol. The molecule has 1 aromatic heterocycles. The number of para-hydroxylation sites is 1. The van der Waals surface area contributed by atoms with E-state index in [0.29, 0.717) is 18.2 Å². The third kappa shape index (κ3) is 17.1. The number of unbranched alkanes of at least 4 members (excludes halogenated alkanes) is 1. The molecule has 1 heterocycles. The monoisotopic (exact) mass is 494 g/mol. The SMILES string of the molecule is C/C=C\CCl.C=CC.CS.Cc1nnc(CCCCC(=O)NCC(C)C)n1-c1ccccc1. The van der Waals surface area contributed by atoms with Crippen LogP contribution in [0.25, 0.3) is 5.69 Å². The van der Waals surface area contributed by atoms with E-state index in [0.717, 1.165) is 43.1 Å². The molecule has 2 rings (SSSR count). The van der Waals surface area contributed by atoms with Gasteiger partial charge in [-0.15, -0.1) is 28.4 Å². The molecule has 2 aromatic rings. The van der Waals surface area contributed by atoms with Crippen LogP contribution in [0.1, 0.15) is 58.6 Å². The molecule has 0 bridgehead atoms. The molecule has 0 aliphatic heterocycles. The van der Waals surface area contributed by atoms with Crippen molar-refractivity contribution in [3.8, 4) is 5.69 Å². The van der Waals surface area contributed by atoms with Gasteiger partial charge in [-0.2, -0.15) is 12.6 Å². The number of rotatable bonds is 9. The van der Waals surface area contributed by atoms with Crippen molar-refractivity contribution in [2.75, 3.05) is 18.7 Å². The van der Waals surface area contributed by atoms with E-state index in [2.05, 4.69) is 65.3 Å². The van der Waals surface area contributed by atoms with Crippen LogP contribution in [0.15, 0.2) is 55.1 Å². The summed E-state index contributed by atoms with van der Waals surface area (Å²) < 4.78 is 2.08. The normalized spacial score (nSPS) is 9.73. The Morgan fingerprint density at radius 2 is 1.79 bits per heavy atom. The highest BCUT2D eigenvalue weighted by molar-refractivity contribution is 7.79. The summed E-state index contributed by atoms with van der Waals surface area (Å²) in [4.78, 5) is 11.7. The Balaban J connectivity index is 0. The zero-order chi connectivity index (χ0) is 25.5. The quantitative estimate of drug-likeness (QED) is 0.178. The Kier molecular flexibility index (Phi) is 23.2. The van der Waals surface area contributed by atoms with Gasteiger partial charge in [-0.3, -0.25) is 9.36 Å². The number of halogens is 1. The van der Waals surface area contributed by atoms with Crippen LogP contribution in [0, 0.1) is 12.8 Å². The van der Waals surface area contributed by atoms with E-state index in [1.54, 1.807) is 12.3 Å². The molecule has 0 saturated carbocycles. The van der Waals surface area contributed by atoms with Gasteiger partial charge in [-0.1, -0.05) is 50.3 Å². The molecule has 0 radical (unpaired) electrons. The number of thiol groups is 1. The molecule has 0 spiro atoms. The van der Waals surface area contributed by atoms with Gasteiger partial charge >= 0.3 is 0 Å². The molecule has 186 valence electrons. The molecule has 33 heavy (non-hydrogen) atoms. The number of carbonyl (C=O) groups is 1. The standard InChI is InChI=1S/C18H26N4O.C4H7Cl.C3H6.CH4S/c1-14(2)13-19-18(23)12-8-7-11-17-21-20-15(3)22(17)16-9-5-4-6-10-16;1-2-3-4-5;1-3-2;1-2/h4-6,9-10,14H,7-8,11-13H2,1-3H3,(H,19,23);2-3H,4H2,1H3;3H,1H2,2H3;2H,1H3/b;3-2-;;. The maximum Gasteiger partial charge on any atom is 0.220 e. The second-order valence-corrected chi connectivity index (χ2v) is 7.68. The van der Waals surface area contributed by atoms with Crippen LogP contribution < -0.4 is 5.32 Å². The van der Waals surface area contributed by atoms with Gasteiger partial charge in [0.15, 0.2) is 0 Å². The van der Waals surface area contributed by atoms with E-state index in [4.69, 9.17) is 11.6 Å². The first-order valence-corrected chi connectivity index (χ1v) is 12.8. The van der Waals surface area contributed by atoms with Crippen LogP contribution in [0.2, 0.25) is 0 Å². The summed E-state index contributed by atoms with van der Waals surface area (Å²) in [6.07, 6.45) is 10.5. The van der Waals surface area contributed by atoms with Gasteiger partial charge in [-0.05, 0) is 57.9 Å². The third-order valence-corrected chi connectivity index (χ3v) is 4.17. The molecule has 1 N–H and O–H groups in total. The van der Waals surface area contributed by atoms with Crippen LogP contribution >= 0.6 is 24.2 Å². The molecular weight excluding hydrogens is 452 g/mol. The first-order valence-electron chi connectivity index (χ1n) is 11.3. The molecule has 7 heteroatoms. The largest absolute Gasteiger partial charge is 0.356 e. The number of aromatic nitrogens is 3. The van der Waals surface area contributed by atoms with Crippen molar-refractivity contribution >= 4 is 30.1 Å². The van der Waals surface area contributed by atoms with Crippen LogP contribution in [-0.2, 0) is 11.2 Å². The van der Waals surface area contributed by atoms with E-state index < -0.39 is 0 Å². The van der Waals surface area contributed by atoms with Gasteiger partial charge < -0.3 is 5.32 Å². The molecular formula is C26H43ClN4OS. The van der Waals surface area contributed by atoms with Gasteiger partial charge in [0.2, 0.25) is 5.91 Å². The Morgan fingerprint density at radius 1 is 1.18 bits per heavy atom. The summed E-state index contributed by atoms with van der Waals surface area (Å²) in [7, 11) is 0. The highest BCUT2D eigenvalue weighted by Crippen LogP contribution is 2.14. The summed E-state index contributed by atoms with van der Waals surface area (Å²) in [6.45, 7) is 14.1. The molecule has 1 amide bonds. The topological polar surface area (TPSA) is 59.8 Å². The number of amides is 1. The van der Waals surface area contributed by atoms with E-state index >= 15 is 0 Å². The number of nitrogens with one attached hydrogen (secondary N) is 1. The number of nitrogens with zero attached hydrogens (tertiary/aromatic N) is 3. The summed E-state index contributed by atoms with van der Waals surface area (Å²) >= 11 is 8.74.